The number of benzene rings is 1. The van der Waals surface area contributed by atoms with Gasteiger partial charge in [0, 0.05) is 32.4 Å². The second-order valence-corrected chi connectivity index (χ2v) is 6.74. The van der Waals surface area contributed by atoms with E-state index in [1.54, 1.807) is 7.11 Å². The van der Waals surface area contributed by atoms with Crippen molar-refractivity contribution in [1.82, 2.24) is 9.97 Å². The quantitative estimate of drug-likeness (QED) is 0.840. The normalized spacial score (nSPS) is 18.5. The Hall–Kier alpha value is -2.54. The van der Waals surface area contributed by atoms with Crippen LogP contribution in [0.15, 0.2) is 36.7 Å². The summed E-state index contributed by atoms with van der Waals surface area (Å²) in [5, 5.41) is 0. The molecule has 3 heterocycles. The number of ether oxygens (including phenoxy) is 1. The fourth-order valence-electron chi connectivity index (χ4n) is 4.04. The van der Waals surface area contributed by atoms with Gasteiger partial charge >= 0.3 is 0 Å². The molecule has 1 fully saturated rings. The SMILES string of the molecule is COCCN1C(=O)C2(CCN(c3ncc(F)cn3)CC2)c2ccccc21. The number of para-hydroxylation sites is 1. The molecule has 0 radical (unpaired) electrons. The Bertz CT molecular complexity index is 803. The monoisotopic (exact) mass is 356 g/mol. The molecule has 2 aromatic rings. The number of aromatic nitrogens is 2. The number of piperidine rings is 1. The number of rotatable bonds is 4. The summed E-state index contributed by atoms with van der Waals surface area (Å²) in [7, 11) is 1.64. The Morgan fingerprint density at radius 3 is 2.58 bits per heavy atom. The summed E-state index contributed by atoms with van der Waals surface area (Å²) in [6, 6.07) is 8.02. The number of hydrogen-bond acceptors (Lipinski definition) is 5. The van der Waals surface area contributed by atoms with Crippen molar-refractivity contribution >= 4 is 17.5 Å². The standard InChI is InChI=1S/C19H21FN4O2/c1-26-11-10-24-16-5-3-2-4-15(16)19(17(24)25)6-8-23(9-7-19)18-21-12-14(20)13-22-18/h2-5,12-13H,6-11H2,1H3. The number of halogens is 1. The number of carbonyl (C=O) groups excluding carboxylic acids is 1. The van der Waals surface area contributed by atoms with Gasteiger partial charge in [-0.15, -0.1) is 0 Å². The molecule has 0 atom stereocenters. The second kappa shape index (κ2) is 6.64. The molecule has 7 heteroatoms. The van der Waals surface area contributed by atoms with E-state index in [1.165, 1.54) is 12.4 Å². The predicted molar refractivity (Wildman–Crippen MR) is 95.8 cm³/mol. The summed E-state index contributed by atoms with van der Waals surface area (Å²) in [6.45, 7) is 2.37. The van der Waals surface area contributed by atoms with Gasteiger partial charge in [-0.1, -0.05) is 18.2 Å². The molecule has 1 aromatic heterocycles. The zero-order chi connectivity index (χ0) is 18.1. The van der Waals surface area contributed by atoms with E-state index in [-0.39, 0.29) is 5.91 Å². The molecule has 1 amide bonds. The number of fused-ring (bicyclic) bond motifs is 2. The van der Waals surface area contributed by atoms with Crippen molar-refractivity contribution in [1.29, 1.82) is 0 Å². The predicted octanol–water partition coefficient (Wildman–Crippen LogP) is 2.15. The van der Waals surface area contributed by atoms with Crippen molar-refractivity contribution < 1.29 is 13.9 Å². The zero-order valence-electron chi connectivity index (χ0n) is 14.7. The van der Waals surface area contributed by atoms with Gasteiger partial charge in [-0.3, -0.25) is 4.79 Å². The lowest BCUT2D eigenvalue weighted by Gasteiger charge is -2.38. The van der Waals surface area contributed by atoms with E-state index in [0.717, 1.165) is 11.3 Å². The minimum atomic E-state index is -0.499. The van der Waals surface area contributed by atoms with Gasteiger partial charge in [-0.05, 0) is 24.5 Å². The largest absolute Gasteiger partial charge is 0.383 e. The van der Waals surface area contributed by atoms with Crippen LogP contribution in [0.1, 0.15) is 18.4 Å². The lowest BCUT2D eigenvalue weighted by Crippen LogP contribution is -2.49. The van der Waals surface area contributed by atoms with Gasteiger partial charge in [0.1, 0.15) is 0 Å². The maximum Gasteiger partial charge on any atom is 0.237 e. The lowest BCUT2D eigenvalue weighted by atomic mass is 9.73. The van der Waals surface area contributed by atoms with Crippen molar-refractivity contribution in [2.24, 2.45) is 0 Å². The Kier molecular flexibility index (Phi) is 4.32. The van der Waals surface area contributed by atoms with Gasteiger partial charge < -0.3 is 14.5 Å². The summed E-state index contributed by atoms with van der Waals surface area (Å²) >= 11 is 0. The van der Waals surface area contributed by atoms with Crippen LogP contribution in [0.4, 0.5) is 16.0 Å². The average molecular weight is 356 g/mol. The summed E-state index contributed by atoms with van der Waals surface area (Å²) in [4.78, 5) is 25.3. The maximum atomic E-state index is 13.3. The highest BCUT2D eigenvalue weighted by molar-refractivity contribution is 6.08. The van der Waals surface area contributed by atoms with Crippen molar-refractivity contribution in [3.05, 3.63) is 48.0 Å². The molecule has 0 saturated carbocycles. The van der Waals surface area contributed by atoms with Crippen molar-refractivity contribution in [2.45, 2.75) is 18.3 Å². The van der Waals surface area contributed by atoms with Gasteiger partial charge in [0.2, 0.25) is 11.9 Å². The van der Waals surface area contributed by atoms with E-state index in [2.05, 4.69) is 16.0 Å². The highest BCUT2D eigenvalue weighted by Crippen LogP contribution is 2.47. The van der Waals surface area contributed by atoms with Crippen LogP contribution in [0.3, 0.4) is 0 Å². The molecule has 2 aliphatic rings. The second-order valence-electron chi connectivity index (χ2n) is 6.74. The molecule has 2 aliphatic heterocycles. The van der Waals surface area contributed by atoms with E-state index in [9.17, 15) is 9.18 Å². The van der Waals surface area contributed by atoms with Crippen LogP contribution in [0.2, 0.25) is 0 Å². The van der Waals surface area contributed by atoms with Crippen LogP contribution < -0.4 is 9.80 Å². The van der Waals surface area contributed by atoms with E-state index >= 15 is 0 Å². The molecule has 1 spiro atoms. The minimum Gasteiger partial charge on any atom is -0.383 e. The number of carbonyl (C=O) groups is 1. The molecule has 6 nitrogen and oxygen atoms in total. The third-order valence-corrected chi connectivity index (χ3v) is 5.39. The number of methoxy groups -OCH3 is 1. The molecule has 1 aromatic carbocycles. The highest BCUT2D eigenvalue weighted by atomic mass is 19.1. The Labute approximate surface area is 151 Å². The molecule has 0 unspecified atom stereocenters. The van der Waals surface area contributed by atoms with Crippen LogP contribution in [0.25, 0.3) is 0 Å². The van der Waals surface area contributed by atoms with Crippen LogP contribution in [-0.4, -0.2) is 49.2 Å². The van der Waals surface area contributed by atoms with Crippen molar-refractivity contribution in [3.8, 4) is 0 Å². The minimum absolute atomic E-state index is 0.149. The van der Waals surface area contributed by atoms with E-state index in [4.69, 9.17) is 4.74 Å². The molecule has 4 rings (SSSR count). The molecule has 0 N–H and O–H groups in total. The number of amides is 1. The summed E-state index contributed by atoms with van der Waals surface area (Å²) < 4.78 is 18.2. The Morgan fingerprint density at radius 2 is 1.88 bits per heavy atom. The van der Waals surface area contributed by atoms with Gasteiger partial charge in [0.05, 0.1) is 24.4 Å². The topological polar surface area (TPSA) is 58.6 Å². The van der Waals surface area contributed by atoms with Crippen molar-refractivity contribution in [2.75, 3.05) is 43.2 Å². The third-order valence-electron chi connectivity index (χ3n) is 5.39. The first-order valence-electron chi connectivity index (χ1n) is 8.78. The van der Waals surface area contributed by atoms with E-state index < -0.39 is 11.2 Å². The van der Waals surface area contributed by atoms with E-state index in [1.807, 2.05) is 28.0 Å². The Morgan fingerprint density at radius 1 is 1.19 bits per heavy atom. The van der Waals surface area contributed by atoms with Gasteiger partial charge in [-0.2, -0.15) is 0 Å². The van der Waals surface area contributed by atoms with E-state index in [0.29, 0.717) is 45.0 Å². The van der Waals surface area contributed by atoms with Gasteiger partial charge in [-0.25, -0.2) is 14.4 Å². The zero-order valence-corrected chi connectivity index (χ0v) is 14.7. The maximum absolute atomic E-state index is 13.3. The molecule has 1 saturated heterocycles. The van der Waals surface area contributed by atoms with Crippen LogP contribution in [0, 0.1) is 5.82 Å². The fraction of sp³-hybridized carbons (Fsp3) is 0.421. The van der Waals surface area contributed by atoms with Gasteiger partial charge in [0.25, 0.3) is 0 Å². The molecule has 0 aliphatic carbocycles. The van der Waals surface area contributed by atoms with Crippen LogP contribution in [0.5, 0.6) is 0 Å². The molecule has 136 valence electrons. The summed E-state index contributed by atoms with van der Waals surface area (Å²) in [6.07, 6.45) is 3.73. The highest BCUT2D eigenvalue weighted by Gasteiger charge is 2.51. The molecular formula is C19H21FN4O2. The molecule has 26 heavy (non-hydrogen) atoms. The summed E-state index contributed by atoms with van der Waals surface area (Å²) in [5.41, 5.74) is 1.59. The smallest absolute Gasteiger partial charge is 0.237 e. The van der Waals surface area contributed by atoms with Crippen LogP contribution >= 0.6 is 0 Å². The van der Waals surface area contributed by atoms with Crippen molar-refractivity contribution in [3.63, 3.8) is 0 Å². The summed E-state index contributed by atoms with van der Waals surface area (Å²) in [5.74, 6) is 0.211. The average Bonchev–Trinajstić information content (AvgIpc) is 2.90. The number of hydrogen-bond donors (Lipinski definition) is 0. The number of nitrogens with zero attached hydrogens (tertiary/aromatic N) is 4. The lowest BCUT2D eigenvalue weighted by molar-refractivity contribution is -0.124. The van der Waals surface area contributed by atoms with Crippen LogP contribution in [-0.2, 0) is 14.9 Å². The first kappa shape index (κ1) is 16.9. The van der Waals surface area contributed by atoms with Gasteiger partial charge in [0.15, 0.2) is 5.82 Å². The Balaban J connectivity index is 1.59. The first-order chi connectivity index (χ1) is 12.7. The number of anilines is 2. The molecular weight excluding hydrogens is 335 g/mol. The first-order valence-corrected chi connectivity index (χ1v) is 8.78. The third kappa shape index (κ3) is 2.63. The fourth-order valence-corrected chi connectivity index (χ4v) is 4.04. The molecule has 0 bridgehead atoms.